The largest absolute Gasteiger partial charge is 0.311 e. The van der Waals surface area contributed by atoms with E-state index >= 15 is 0 Å². The summed E-state index contributed by atoms with van der Waals surface area (Å²) < 4.78 is 0. The van der Waals surface area contributed by atoms with E-state index in [1.807, 2.05) is 0 Å². The molecule has 2 atom stereocenters. The highest BCUT2D eigenvalue weighted by Crippen LogP contribution is 2.17. The number of nitrogens with zero attached hydrogens (tertiary/aromatic N) is 1. The number of hydrogen-bond donors (Lipinski definition) is 1. The van der Waals surface area contributed by atoms with Crippen LogP contribution in [0.4, 0.5) is 0 Å². The van der Waals surface area contributed by atoms with Gasteiger partial charge < -0.3 is 5.32 Å². The van der Waals surface area contributed by atoms with E-state index in [2.05, 4.69) is 44.8 Å². The summed E-state index contributed by atoms with van der Waals surface area (Å²) >= 11 is 0. The van der Waals surface area contributed by atoms with Gasteiger partial charge in [-0.25, -0.2) is 0 Å². The first-order chi connectivity index (χ1) is 7.04. The quantitative estimate of drug-likeness (QED) is 0.770. The Bertz CT molecular complexity index is 177. The van der Waals surface area contributed by atoms with Crippen molar-refractivity contribution in [1.82, 2.24) is 10.2 Å². The van der Waals surface area contributed by atoms with Gasteiger partial charge in [0, 0.05) is 31.2 Å². The summed E-state index contributed by atoms with van der Waals surface area (Å²) in [6.45, 7) is 14.0. The fourth-order valence-corrected chi connectivity index (χ4v) is 2.63. The molecule has 15 heavy (non-hydrogen) atoms. The van der Waals surface area contributed by atoms with Crippen molar-refractivity contribution in [3.8, 4) is 0 Å². The van der Waals surface area contributed by atoms with Crippen LogP contribution in [0.1, 0.15) is 47.5 Å². The smallest absolute Gasteiger partial charge is 0.0221 e. The van der Waals surface area contributed by atoms with Crippen molar-refractivity contribution in [2.24, 2.45) is 5.92 Å². The van der Waals surface area contributed by atoms with Crippen LogP contribution in [0.3, 0.4) is 0 Å². The summed E-state index contributed by atoms with van der Waals surface area (Å²) in [7, 11) is 0. The van der Waals surface area contributed by atoms with E-state index in [-0.39, 0.29) is 0 Å². The molecule has 1 heterocycles. The van der Waals surface area contributed by atoms with Gasteiger partial charge in [0.2, 0.25) is 0 Å². The molecule has 2 nitrogen and oxygen atoms in total. The highest BCUT2D eigenvalue weighted by atomic mass is 15.2. The number of hydrogen-bond acceptors (Lipinski definition) is 2. The van der Waals surface area contributed by atoms with Crippen molar-refractivity contribution in [3.63, 3.8) is 0 Å². The Kier molecular flexibility index (Phi) is 5.07. The third kappa shape index (κ3) is 3.76. The molecule has 1 saturated heterocycles. The molecule has 0 spiro atoms. The normalized spacial score (nSPS) is 29.0. The van der Waals surface area contributed by atoms with E-state index < -0.39 is 0 Å². The summed E-state index contributed by atoms with van der Waals surface area (Å²) in [6, 6.07) is 2.13. The van der Waals surface area contributed by atoms with Crippen molar-refractivity contribution >= 4 is 0 Å². The Hall–Kier alpha value is -0.0800. The molecule has 1 aliphatic rings. The van der Waals surface area contributed by atoms with Crippen LogP contribution in [0.15, 0.2) is 0 Å². The first-order valence-electron chi connectivity index (χ1n) is 6.53. The first kappa shape index (κ1) is 13.0. The standard InChI is InChI=1S/C13H28N2/c1-6-13-8-14-12(7-10(2)3)9-15(13)11(4)5/h10-14H,6-9H2,1-5H3. The van der Waals surface area contributed by atoms with Crippen LogP contribution in [-0.4, -0.2) is 36.1 Å². The molecular formula is C13H28N2. The van der Waals surface area contributed by atoms with Gasteiger partial charge in [-0.2, -0.15) is 0 Å². The second kappa shape index (κ2) is 5.86. The van der Waals surface area contributed by atoms with Crippen LogP contribution in [-0.2, 0) is 0 Å². The van der Waals surface area contributed by atoms with Crippen molar-refractivity contribution in [2.75, 3.05) is 13.1 Å². The zero-order chi connectivity index (χ0) is 11.4. The van der Waals surface area contributed by atoms with Gasteiger partial charge in [0.25, 0.3) is 0 Å². The molecular weight excluding hydrogens is 184 g/mol. The molecule has 0 radical (unpaired) electrons. The minimum absolute atomic E-state index is 0.687. The highest BCUT2D eigenvalue weighted by molar-refractivity contribution is 4.87. The summed E-state index contributed by atoms with van der Waals surface area (Å²) in [5.41, 5.74) is 0. The average molecular weight is 212 g/mol. The van der Waals surface area contributed by atoms with Crippen molar-refractivity contribution in [1.29, 1.82) is 0 Å². The Morgan fingerprint density at radius 3 is 2.40 bits per heavy atom. The minimum Gasteiger partial charge on any atom is -0.311 e. The first-order valence-corrected chi connectivity index (χ1v) is 6.53. The zero-order valence-electron chi connectivity index (χ0n) is 11.1. The maximum atomic E-state index is 3.69. The van der Waals surface area contributed by atoms with Crippen molar-refractivity contribution < 1.29 is 0 Å². The van der Waals surface area contributed by atoms with Gasteiger partial charge in [-0.15, -0.1) is 0 Å². The summed E-state index contributed by atoms with van der Waals surface area (Å²) in [6.07, 6.45) is 2.57. The number of piperazine rings is 1. The number of nitrogens with one attached hydrogen (secondary N) is 1. The molecule has 0 amide bonds. The summed E-state index contributed by atoms with van der Waals surface area (Å²) in [4.78, 5) is 2.67. The third-order valence-electron chi connectivity index (χ3n) is 3.43. The Morgan fingerprint density at radius 1 is 1.27 bits per heavy atom. The van der Waals surface area contributed by atoms with E-state index in [1.54, 1.807) is 0 Å². The van der Waals surface area contributed by atoms with Crippen LogP contribution in [0, 0.1) is 5.92 Å². The molecule has 0 aliphatic carbocycles. The number of rotatable bonds is 4. The molecule has 2 heteroatoms. The molecule has 1 N–H and O–H groups in total. The molecule has 90 valence electrons. The fraction of sp³-hybridized carbons (Fsp3) is 1.00. The van der Waals surface area contributed by atoms with Crippen LogP contribution in [0.25, 0.3) is 0 Å². The Balaban J connectivity index is 2.50. The second-order valence-corrected chi connectivity index (χ2v) is 5.59. The molecule has 1 aliphatic heterocycles. The van der Waals surface area contributed by atoms with Crippen LogP contribution >= 0.6 is 0 Å². The lowest BCUT2D eigenvalue weighted by Crippen LogP contribution is -2.58. The second-order valence-electron chi connectivity index (χ2n) is 5.59. The lowest BCUT2D eigenvalue weighted by molar-refractivity contribution is 0.0879. The molecule has 2 unspecified atom stereocenters. The van der Waals surface area contributed by atoms with Gasteiger partial charge >= 0.3 is 0 Å². The Morgan fingerprint density at radius 2 is 1.93 bits per heavy atom. The molecule has 0 aromatic carbocycles. The molecule has 0 bridgehead atoms. The van der Waals surface area contributed by atoms with Crippen LogP contribution in [0.2, 0.25) is 0 Å². The lowest BCUT2D eigenvalue weighted by Gasteiger charge is -2.43. The maximum absolute atomic E-state index is 3.69. The maximum Gasteiger partial charge on any atom is 0.0221 e. The highest BCUT2D eigenvalue weighted by Gasteiger charge is 2.28. The van der Waals surface area contributed by atoms with Crippen LogP contribution < -0.4 is 5.32 Å². The van der Waals surface area contributed by atoms with Crippen LogP contribution in [0.5, 0.6) is 0 Å². The zero-order valence-corrected chi connectivity index (χ0v) is 11.1. The van der Waals surface area contributed by atoms with Gasteiger partial charge in [-0.1, -0.05) is 20.8 Å². The predicted octanol–water partition coefficient (Wildman–Crippen LogP) is 2.49. The average Bonchev–Trinajstić information content (AvgIpc) is 2.16. The summed E-state index contributed by atoms with van der Waals surface area (Å²) in [5, 5.41) is 3.69. The lowest BCUT2D eigenvalue weighted by atomic mass is 9.98. The van der Waals surface area contributed by atoms with E-state index in [4.69, 9.17) is 0 Å². The van der Waals surface area contributed by atoms with E-state index in [9.17, 15) is 0 Å². The minimum atomic E-state index is 0.687. The molecule has 0 aromatic heterocycles. The third-order valence-corrected chi connectivity index (χ3v) is 3.43. The monoisotopic (exact) mass is 212 g/mol. The molecule has 0 aromatic rings. The SMILES string of the molecule is CCC1CNC(CC(C)C)CN1C(C)C. The Labute approximate surface area is 95.4 Å². The molecule has 1 rings (SSSR count). The van der Waals surface area contributed by atoms with E-state index in [1.165, 1.54) is 25.9 Å². The van der Waals surface area contributed by atoms with E-state index in [0.29, 0.717) is 12.1 Å². The summed E-state index contributed by atoms with van der Waals surface area (Å²) in [5.74, 6) is 0.801. The molecule has 0 saturated carbocycles. The van der Waals surface area contributed by atoms with Crippen molar-refractivity contribution in [3.05, 3.63) is 0 Å². The van der Waals surface area contributed by atoms with Gasteiger partial charge in [-0.05, 0) is 32.6 Å². The van der Waals surface area contributed by atoms with Gasteiger partial charge in [-0.3, -0.25) is 4.90 Å². The van der Waals surface area contributed by atoms with E-state index in [0.717, 1.165) is 12.0 Å². The van der Waals surface area contributed by atoms with Gasteiger partial charge in [0.05, 0.1) is 0 Å². The predicted molar refractivity (Wildman–Crippen MR) is 67.2 cm³/mol. The fourth-order valence-electron chi connectivity index (χ4n) is 2.63. The van der Waals surface area contributed by atoms with Gasteiger partial charge in [0.1, 0.15) is 0 Å². The molecule has 1 fully saturated rings. The van der Waals surface area contributed by atoms with Gasteiger partial charge in [0.15, 0.2) is 0 Å². The van der Waals surface area contributed by atoms with Crippen molar-refractivity contribution in [2.45, 2.75) is 65.6 Å². The topological polar surface area (TPSA) is 15.3 Å².